The Kier molecular flexibility index (Phi) is 10.4. The highest BCUT2D eigenvalue weighted by atomic mass is 16.5. The Morgan fingerprint density at radius 3 is 2.56 bits per heavy atom. The fraction of sp³-hybridized carbons (Fsp3) is 0.682. The number of aliphatic hydroxyl groups excluding tert-OH is 1. The molecule has 1 rings (SSSR count). The number of aliphatic hydroxyl groups is 2. The van der Waals surface area contributed by atoms with Crippen LogP contribution in [0.4, 0.5) is 0 Å². The molecule has 5 heteroatoms. The Morgan fingerprint density at radius 2 is 2.04 bits per heavy atom. The van der Waals surface area contributed by atoms with Crippen LogP contribution in [0.25, 0.3) is 0 Å². The molecule has 27 heavy (non-hydrogen) atoms. The topological polar surface area (TPSA) is 72.9 Å². The van der Waals surface area contributed by atoms with Gasteiger partial charge >= 0.3 is 5.91 Å². The van der Waals surface area contributed by atoms with E-state index >= 15 is 0 Å². The first-order chi connectivity index (χ1) is 12.8. The van der Waals surface area contributed by atoms with Crippen LogP contribution in [0.3, 0.4) is 0 Å². The van der Waals surface area contributed by atoms with Crippen molar-refractivity contribution in [2.45, 2.75) is 78.6 Å². The van der Waals surface area contributed by atoms with E-state index < -0.39 is 6.29 Å². The average Bonchev–Trinajstić information content (AvgIpc) is 2.65. The Balaban J connectivity index is 2.51. The summed E-state index contributed by atoms with van der Waals surface area (Å²) in [6.07, 6.45) is 12.8. The predicted molar refractivity (Wildman–Crippen MR) is 111 cm³/mol. The molecule has 0 aromatic carbocycles. The van der Waals surface area contributed by atoms with Gasteiger partial charge in [0.05, 0.1) is 6.92 Å². The van der Waals surface area contributed by atoms with Gasteiger partial charge in [-0.05, 0) is 50.5 Å². The molecule has 4 atom stereocenters. The third-order valence-corrected chi connectivity index (χ3v) is 5.58. The minimum absolute atomic E-state index is 0.00875. The van der Waals surface area contributed by atoms with Crippen LogP contribution >= 0.6 is 0 Å². The van der Waals surface area contributed by atoms with Gasteiger partial charge in [0.1, 0.15) is 6.72 Å². The maximum absolute atomic E-state index is 11.5. The van der Waals surface area contributed by atoms with Crippen molar-refractivity contribution in [2.24, 2.45) is 22.7 Å². The molecule has 0 aliphatic heterocycles. The van der Waals surface area contributed by atoms with Gasteiger partial charge in [0, 0.05) is 24.3 Å². The number of allylic oxidation sites excluding steroid dienone is 3. The van der Waals surface area contributed by atoms with Crippen molar-refractivity contribution >= 4 is 18.8 Å². The van der Waals surface area contributed by atoms with Gasteiger partial charge in [-0.3, -0.25) is 4.99 Å². The van der Waals surface area contributed by atoms with Crippen LogP contribution in [0.5, 0.6) is 0 Å². The molecule has 5 nitrogen and oxygen atoms in total. The second-order valence-electron chi connectivity index (χ2n) is 7.71. The van der Waals surface area contributed by atoms with E-state index in [0.717, 1.165) is 37.8 Å². The zero-order valence-electron chi connectivity index (χ0n) is 17.3. The number of carbonyl (C=O) groups is 1. The molecule has 1 aliphatic rings. The molecule has 0 bridgehead atoms. The molecule has 2 N–H and O–H groups in total. The molecule has 0 fully saturated rings. The average molecular weight is 378 g/mol. The number of nitrogens with zero attached hydrogens (tertiary/aromatic N) is 2. The Morgan fingerprint density at radius 1 is 1.33 bits per heavy atom. The van der Waals surface area contributed by atoms with E-state index in [2.05, 4.69) is 36.9 Å². The predicted octanol–water partition coefficient (Wildman–Crippen LogP) is 3.70. The fourth-order valence-electron chi connectivity index (χ4n) is 3.43. The smallest absolute Gasteiger partial charge is 0.368 e. The van der Waals surface area contributed by atoms with Gasteiger partial charge in [0.2, 0.25) is 0 Å². The summed E-state index contributed by atoms with van der Waals surface area (Å²) in [5, 5.41) is 18.1. The standard InChI is InChI=1S/C22H37N2O3/c1-6-19(20-11-13-21(14-12-20)24(5)18(4)25)10-9-17(3)23-15-7-8-16(2)22(26)27/h9,11,13,15-16,19-22,26-27H,5-8,10,12,14H2,1-4H3/q+1/b17-9-,23-15?. The van der Waals surface area contributed by atoms with E-state index in [1.807, 2.05) is 20.1 Å². The quantitative estimate of drug-likeness (QED) is 0.264. The molecular weight excluding hydrogens is 340 g/mol. The zero-order chi connectivity index (χ0) is 20.4. The number of hydrogen-bond acceptors (Lipinski definition) is 4. The fourth-order valence-corrected chi connectivity index (χ4v) is 3.43. The maximum atomic E-state index is 11.5. The lowest BCUT2D eigenvalue weighted by Gasteiger charge is -2.26. The Labute approximate surface area is 164 Å². The van der Waals surface area contributed by atoms with Gasteiger partial charge in [-0.15, -0.1) is 0 Å². The van der Waals surface area contributed by atoms with E-state index in [0.29, 0.717) is 18.3 Å². The highest BCUT2D eigenvalue weighted by Gasteiger charge is 2.28. The van der Waals surface area contributed by atoms with E-state index in [1.54, 1.807) is 11.5 Å². The summed E-state index contributed by atoms with van der Waals surface area (Å²) >= 11 is 0. The first kappa shape index (κ1) is 23.4. The number of hydrogen-bond donors (Lipinski definition) is 2. The van der Waals surface area contributed by atoms with Crippen molar-refractivity contribution in [1.29, 1.82) is 0 Å². The molecular formula is C22H37N2O3+. The molecule has 0 saturated heterocycles. The third kappa shape index (κ3) is 8.31. The van der Waals surface area contributed by atoms with Crippen molar-refractivity contribution in [1.82, 2.24) is 0 Å². The second-order valence-corrected chi connectivity index (χ2v) is 7.71. The van der Waals surface area contributed by atoms with Crippen LogP contribution in [0.2, 0.25) is 0 Å². The molecule has 0 aromatic rings. The second kappa shape index (κ2) is 12.0. The Bertz CT molecular complexity index is 578. The van der Waals surface area contributed by atoms with Gasteiger partial charge < -0.3 is 10.2 Å². The zero-order valence-corrected chi connectivity index (χ0v) is 17.3. The summed E-state index contributed by atoms with van der Waals surface area (Å²) in [5.41, 5.74) is 1.00. The lowest BCUT2D eigenvalue weighted by atomic mass is 9.80. The minimum atomic E-state index is -1.26. The van der Waals surface area contributed by atoms with E-state index in [4.69, 9.17) is 10.2 Å². The maximum Gasteiger partial charge on any atom is 0.383 e. The third-order valence-electron chi connectivity index (χ3n) is 5.58. The molecule has 0 saturated carbocycles. The highest BCUT2D eigenvalue weighted by Crippen LogP contribution is 2.31. The largest absolute Gasteiger partial charge is 0.383 e. The summed E-state index contributed by atoms with van der Waals surface area (Å²) in [6, 6.07) is 0.123. The normalized spacial score (nSPS) is 23.0. The number of aliphatic imine (C=N–C) groups is 1. The lowest BCUT2D eigenvalue weighted by molar-refractivity contribution is -0.468. The number of rotatable bonds is 10. The molecule has 4 unspecified atom stereocenters. The summed E-state index contributed by atoms with van der Waals surface area (Å²) in [6.45, 7) is 11.5. The summed E-state index contributed by atoms with van der Waals surface area (Å²) in [5.74, 6) is 0.984. The first-order valence-electron chi connectivity index (χ1n) is 10.1. The van der Waals surface area contributed by atoms with Gasteiger partial charge in [-0.1, -0.05) is 32.4 Å². The van der Waals surface area contributed by atoms with Gasteiger partial charge in [-0.2, -0.15) is 4.58 Å². The minimum Gasteiger partial charge on any atom is -0.368 e. The summed E-state index contributed by atoms with van der Waals surface area (Å²) in [7, 11) is 0. The van der Waals surface area contributed by atoms with Crippen molar-refractivity contribution < 1.29 is 19.6 Å². The molecule has 0 radical (unpaired) electrons. The number of carbonyl (C=O) groups excluding carboxylic acids is 1. The first-order valence-corrected chi connectivity index (χ1v) is 10.1. The van der Waals surface area contributed by atoms with E-state index in [-0.39, 0.29) is 17.9 Å². The molecule has 152 valence electrons. The van der Waals surface area contributed by atoms with Gasteiger partial charge in [0.15, 0.2) is 12.3 Å². The van der Waals surface area contributed by atoms with E-state index in [1.165, 1.54) is 0 Å². The highest BCUT2D eigenvalue weighted by molar-refractivity contribution is 5.66. The summed E-state index contributed by atoms with van der Waals surface area (Å²) < 4.78 is 1.57. The van der Waals surface area contributed by atoms with Crippen LogP contribution in [-0.4, -0.2) is 46.0 Å². The monoisotopic (exact) mass is 377 g/mol. The van der Waals surface area contributed by atoms with Crippen molar-refractivity contribution in [2.75, 3.05) is 0 Å². The van der Waals surface area contributed by atoms with Crippen LogP contribution in [0.15, 0.2) is 28.9 Å². The molecule has 1 amide bonds. The summed E-state index contributed by atoms with van der Waals surface area (Å²) in [4.78, 5) is 15.9. The SMILES string of the molecule is C=[N+](C(C)=O)C1C=CC(C(CC)C/C=C(/C)N=CCCC(C)C(O)O)CC1. The Hall–Kier alpha value is -1.59. The number of amides is 1. The van der Waals surface area contributed by atoms with Crippen molar-refractivity contribution in [3.05, 3.63) is 23.9 Å². The van der Waals surface area contributed by atoms with Crippen LogP contribution < -0.4 is 0 Å². The molecule has 0 spiro atoms. The molecule has 0 heterocycles. The van der Waals surface area contributed by atoms with Gasteiger partial charge in [-0.25, -0.2) is 4.79 Å². The van der Waals surface area contributed by atoms with Crippen molar-refractivity contribution in [3.63, 3.8) is 0 Å². The van der Waals surface area contributed by atoms with Crippen LogP contribution in [-0.2, 0) is 4.79 Å². The molecule has 1 aliphatic carbocycles. The van der Waals surface area contributed by atoms with Crippen LogP contribution in [0.1, 0.15) is 66.2 Å². The lowest BCUT2D eigenvalue weighted by Crippen LogP contribution is -2.31. The van der Waals surface area contributed by atoms with E-state index in [9.17, 15) is 4.79 Å². The molecule has 0 aromatic heterocycles. The van der Waals surface area contributed by atoms with Crippen molar-refractivity contribution in [3.8, 4) is 0 Å². The van der Waals surface area contributed by atoms with Crippen LogP contribution in [0, 0.1) is 17.8 Å². The van der Waals surface area contributed by atoms with Gasteiger partial charge in [0.25, 0.3) is 0 Å².